The number of unbranched alkanes of at least 4 members (excludes halogenated alkanes) is 4. The van der Waals surface area contributed by atoms with Gasteiger partial charge in [-0.1, -0.05) is 72.9 Å². The molecule has 50 heavy (non-hydrogen) atoms. The largest absolute Gasteiger partial charge is 0.416 e. The SMILES string of the molecule is O=C(CCCCCN1C(=O)/C(=C2\SC(=S)N(CCCCCC(=O)Nc3cccc(C(F)(F)F)c3)C2=O)SC1=S)Nc1cccc(C(F)(F)F)c1. The van der Waals surface area contributed by atoms with Gasteiger partial charge in [0.15, 0.2) is 0 Å². The van der Waals surface area contributed by atoms with Gasteiger partial charge in [-0.15, -0.1) is 0 Å². The zero-order valence-corrected chi connectivity index (χ0v) is 29.4. The van der Waals surface area contributed by atoms with E-state index in [1.165, 1.54) is 34.1 Å². The Bertz CT molecular complexity index is 1580. The van der Waals surface area contributed by atoms with E-state index in [2.05, 4.69) is 10.6 Å². The molecule has 2 aromatic rings. The fraction of sp³-hybridized carbons (Fsp3) is 0.375. The number of anilines is 2. The van der Waals surface area contributed by atoms with Gasteiger partial charge < -0.3 is 10.6 Å². The standard InChI is InChI=1S/C32H30F6N4O4S4/c33-31(34,35)19-9-7-11-21(17-19)39-23(43)13-3-1-5-15-41-27(45)25(49-29(41)47)26-28(46)42(30(48)50-26)16-6-2-4-14-24(44)40-22-12-8-10-20(18-22)32(36,37)38/h7-12,17-18H,1-6,13-16H2,(H,39,43)(H,40,44)/b26-25+. The van der Waals surface area contributed by atoms with Crippen LogP contribution in [0, 0.1) is 0 Å². The van der Waals surface area contributed by atoms with Crippen molar-refractivity contribution in [2.75, 3.05) is 23.7 Å². The highest BCUT2D eigenvalue weighted by Crippen LogP contribution is 2.42. The van der Waals surface area contributed by atoms with E-state index in [-0.39, 0.29) is 55.8 Å². The third-order valence-electron chi connectivity index (χ3n) is 7.42. The summed E-state index contributed by atoms with van der Waals surface area (Å²) in [5.41, 5.74) is -1.63. The number of carbonyl (C=O) groups excluding carboxylic acids is 4. The molecule has 0 aromatic heterocycles. The second-order valence-corrected chi connectivity index (χ2v) is 14.5. The quantitative estimate of drug-likeness (QED) is 0.0856. The van der Waals surface area contributed by atoms with Crippen LogP contribution in [0.15, 0.2) is 58.3 Å². The van der Waals surface area contributed by atoms with Gasteiger partial charge in [-0.05, 0) is 62.1 Å². The number of nitrogens with zero attached hydrogens (tertiary/aromatic N) is 2. The smallest absolute Gasteiger partial charge is 0.326 e. The number of benzene rings is 2. The van der Waals surface area contributed by atoms with Crippen molar-refractivity contribution in [1.29, 1.82) is 0 Å². The van der Waals surface area contributed by atoms with Gasteiger partial charge in [0.2, 0.25) is 11.8 Å². The first-order valence-corrected chi connectivity index (χ1v) is 17.8. The molecule has 0 unspecified atom stereocenters. The number of halogens is 6. The first-order chi connectivity index (χ1) is 23.5. The summed E-state index contributed by atoms with van der Waals surface area (Å²) in [5, 5.41) is 4.92. The average Bonchev–Trinajstić information content (AvgIpc) is 3.48. The predicted molar refractivity (Wildman–Crippen MR) is 188 cm³/mol. The second-order valence-electron chi connectivity index (χ2n) is 11.2. The van der Waals surface area contributed by atoms with Gasteiger partial charge in [0.05, 0.1) is 20.9 Å². The third-order valence-corrected chi connectivity index (χ3v) is 10.4. The molecule has 2 saturated heterocycles. The number of rotatable bonds is 14. The molecule has 8 nitrogen and oxygen atoms in total. The Labute approximate surface area is 302 Å². The highest BCUT2D eigenvalue weighted by molar-refractivity contribution is 8.29. The molecule has 2 aliphatic rings. The Morgan fingerprint density at radius 3 is 1.36 bits per heavy atom. The molecule has 2 N–H and O–H groups in total. The number of hydrogen-bond donors (Lipinski definition) is 2. The number of amides is 4. The van der Waals surface area contributed by atoms with Crippen molar-refractivity contribution in [3.63, 3.8) is 0 Å². The van der Waals surface area contributed by atoms with Crippen molar-refractivity contribution in [1.82, 2.24) is 9.80 Å². The van der Waals surface area contributed by atoms with Crippen LogP contribution in [0.2, 0.25) is 0 Å². The number of thioether (sulfide) groups is 2. The van der Waals surface area contributed by atoms with E-state index in [1.54, 1.807) is 0 Å². The molecule has 4 rings (SSSR count). The first kappa shape index (κ1) is 39.3. The Balaban J connectivity index is 1.17. The molecular weight excluding hydrogens is 747 g/mol. The van der Waals surface area contributed by atoms with E-state index >= 15 is 0 Å². The summed E-state index contributed by atoms with van der Waals surface area (Å²) in [4.78, 5) is 53.9. The average molecular weight is 777 g/mol. The highest BCUT2D eigenvalue weighted by atomic mass is 32.2. The Hall–Kier alpha value is -3.48. The molecule has 268 valence electrons. The fourth-order valence-corrected chi connectivity index (χ4v) is 7.69. The number of carbonyl (C=O) groups is 4. The van der Waals surface area contributed by atoms with Gasteiger partial charge in [0, 0.05) is 37.3 Å². The molecule has 0 bridgehead atoms. The Kier molecular flexibility index (Phi) is 13.5. The van der Waals surface area contributed by atoms with Gasteiger partial charge in [0.25, 0.3) is 11.8 Å². The zero-order chi connectivity index (χ0) is 36.6. The lowest BCUT2D eigenvalue weighted by Gasteiger charge is -2.15. The topological polar surface area (TPSA) is 98.8 Å². The number of alkyl halides is 6. The first-order valence-electron chi connectivity index (χ1n) is 15.3. The minimum absolute atomic E-state index is 0.0485. The van der Waals surface area contributed by atoms with Crippen LogP contribution in [-0.4, -0.2) is 55.2 Å². The summed E-state index contributed by atoms with van der Waals surface area (Å²) in [6.07, 6.45) is -5.97. The molecule has 4 amide bonds. The maximum atomic E-state index is 13.2. The minimum atomic E-state index is -4.52. The fourth-order valence-electron chi connectivity index (χ4n) is 4.91. The molecule has 2 fully saturated rings. The summed E-state index contributed by atoms with van der Waals surface area (Å²) in [6, 6.07) is 8.73. The van der Waals surface area contributed by atoms with E-state index in [0.29, 0.717) is 38.5 Å². The molecule has 18 heteroatoms. The number of thiocarbonyl (C=S) groups is 2. The molecule has 0 aliphatic carbocycles. The summed E-state index contributed by atoms with van der Waals surface area (Å²) in [6.45, 7) is 0.510. The molecule has 2 aromatic carbocycles. The van der Waals surface area contributed by atoms with Crippen LogP contribution >= 0.6 is 48.0 Å². The van der Waals surface area contributed by atoms with Crippen LogP contribution in [-0.2, 0) is 31.5 Å². The normalized spacial score (nSPS) is 16.8. The van der Waals surface area contributed by atoms with E-state index in [4.69, 9.17) is 24.4 Å². The van der Waals surface area contributed by atoms with Crippen molar-refractivity contribution >= 4 is 91.6 Å². The predicted octanol–water partition coefficient (Wildman–Crippen LogP) is 8.35. The van der Waals surface area contributed by atoms with Gasteiger partial charge in [0.1, 0.15) is 8.64 Å². The van der Waals surface area contributed by atoms with Crippen LogP contribution in [0.3, 0.4) is 0 Å². The summed E-state index contributed by atoms with van der Waals surface area (Å²) >= 11 is 12.8. The lowest BCUT2D eigenvalue weighted by atomic mass is 10.1. The molecule has 2 aliphatic heterocycles. The summed E-state index contributed by atoms with van der Waals surface area (Å²) in [7, 11) is 0. The van der Waals surface area contributed by atoms with Crippen molar-refractivity contribution in [2.24, 2.45) is 0 Å². The van der Waals surface area contributed by atoms with Crippen molar-refractivity contribution in [2.45, 2.75) is 63.7 Å². The third kappa shape index (κ3) is 10.8. The van der Waals surface area contributed by atoms with Gasteiger partial charge in [-0.2, -0.15) is 26.3 Å². The number of nitrogens with one attached hydrogen (secondary N) is 2. The lowest BCUT2D eigenvalue weighted by molar-refractivity contribution is -0.138. The molecule has 0 radical (unpaired) electrons. The molecule has 2 heterocycles. The molecule has 0 spiro atoms. The van der Waals surface area contributed by atoms with Crippen molar-refractivity contribution in [3.05, 3.63) is 69.5 Å². The summed E-state index contributed by atoms with van der Waals surface area (Å²) in [5.74, 6) is -1.71. The highest BCUT2D eigenvalue weighted by Gasteiger charge is 2.41. The van der Waals surface area contributed by atoms with Crippen molar-refractivity contribution in [3.8, 4) is 0 Å². The van der Waals surface area contributed by atoms with Crippen LogP contribution < -0.4 is 10.6 Å². The lowest BCUT2D eigenvalue weighted by Crippen LogP contribution is -2.31. The van der Waals surface area contributed by atoms with E-state index in [0.717, 1.165) is 47.8 Å². The molecule has 0 saturated carbocycles. The molecule has 0 atom stereocenters. The van der Waals surface area contributed by atoms with Crippen molar-refractivity contribution < 1.29 is 45.5 Å². The van der Waals surface area contributed by atoms with Gasteiger partial charge in [-0.3, -0.25) is 29.0 Å². The van der Waals surface area contributed by atoms with Crippen LogP contribution in [0.4, 0.5) is 37.7 Å². The van der Waals surface area contributed by atoms with E-state index in [1.807, 2.05) is 0 Å². The molecular formula is C32H30F6N4O4S4. The van der Waals surface area contributed by atoms with E-state index < -0.39 is 47.1 Å². The Morgan fingerprint density at radius 1 is 0.620 bits per heavy atom. The minimum Gasteiger partial charge on any atom is -0.326 e. The monoisotopic (exact) mass is 776 g/mol. The second kappa shape index (κ2) is 17.2. The van der Waals surface area contributed by atoms with E-state index in [9.17, 15) is 45.5 Å². The summed E-state index contributed by atoms with van der Waals surface area (Å²) < 4.78 is 77.9. The van der Waals surface area contributed by atoms with Crippen LogP contribution in [0.5, 0.6) is 0 Å². The zero-order valence-electron chi connectivity index (χ0n) is 26.1. The van der Waals surface area contributed by atoms with Gasteiger partial charge in [-0.25, -0.2) is 0 Å². The van der Waals surface area contributed by atoms with Crippen LogP contribution in [0.25, 0.3) is 0 Å². The maximum absolute atomic E-state index is 13.2. The Morgan fingerprint density at radius 2 is 1.00 bits per heavy atom. The maximum Gasteiger partial charge on any atom is 0.416 e. The van der Waals surface area contributed by atoms with Crippen LogP contribution in [0.1, 0.15) is 62.5 Å². The van der Waals surface area contributed by atoms with Gasteiger partial charge >= 0.3 is 12.4 Å². The number of hydrogen-bond acceptors (Lipinski definition) is 8.